The summed E-state index contributed by atoms with van der Waals surface area (Å²) >= 11 is 9.35. The van der Waals surface area contributed by atoms with Crippen LogP contribution in [0.15, 0.2) is 27.5 Å². The van der Waals surface area contributed by atoms with Crippen LogP contribution in [0.3, 0.4) is 0 Å². The van der Waals surface area contributed by atoms with Gasteiger partial charge in [-0.25, -0.2) is 0 Å². The molecule has 0 bridgehead atoms. The smallest absolute Gasteiger partial charge is 0.251 e. The topological polar surface area (TPSA) is 32.9 Å². The third-order valence-corrected chi connectivity index (χ3v) is 3.73. The van der Waals surface area contributed by atoms with Crippen molar-refractivity contribution in [3.63, 3.8) is 0 Å². The van der Waals surface area contributed by atoms with Gasteiger partial charge in [-0.3, -0.25) is 4.79 Å². The predicted molar refractivity (Wildman–Crippen MR) is 71.4 cm³/mol. The van der Waals surface area contributed by atoms with E-state index in [1.807, 2.05) is 32.0 Å². The van der Waals surface area contributed by atoms with E-state index in [-0.39, 0.29) is 11.5 Å². The average Bonchev–Trinajstić information content (AvgIpc) is 2.19. The lowest BCUT2D eigenvalue weighted by Crippen LogP contribution is -2.13. The molecule has 0 fully saturated rings. The van der Waals surface area contributed by atoms with Gasteiger partial charge in [-0.1, -0.05) is 25.4 Å². The van der Waals surface area contributed by atoms with E-state index >= 15 is 0 Å². The summed E-state index contributed by atoms with van der Waals surface area (Å²) < 4.78 is 0.787. The number of halogens is 2. The third-order valence-electron chi connectivity index (χ3n) is 2.54. The normalized spacial score (nSPS) is 11.3. The Morgan fingerprint density at radius 2 is 2.00 bits per heavy atom. The second kappa shape index (κ2) is 4.22. The summed E-state index contributed by atoms with van der Waals surface area (Å²) in [7, 11) is 0. The SMILES string of the molecule is CC(C)c1cc2cc(Cl)c(Br)cc2[nH]c1=O. The lowest BCUT2D eigenvalue weighted by atomic mass is 10.0. The quantitative estimate of drug-likeness (QED) is 0.846. The van der Waals surface area contributed by atoms with E-state index in [9.17, 15) is 4.79 Å². The Bertz CT molecular complexity index is 604. The average molecular weight is 301 g/mol. The number of benzene rings is 1. The van der Waals surface area contributed by atoms with E-state index in [1.165, 1.54) is 0 Å². The molecule has 2 rings (SSSR count). The predicted octanol–water partition coefficient (Wildman–Crippen LogP) is 4.07. The highest BCUT2D eigenvalue weighted by Gasteiger charge is 2.08. The number of nitrogens with one attached hydrogen (secondary N) is 1. The van der Waals surface area contributed by atoms with Crippen molar-refractivity contribution >= 4 is 38.4 Å². The van der Waals surface area contributed by atoms with Crippen molar-refractivity contribution in [3.05, 3.63) is 43.6 Å². The summed E-state index contributed by atoms with van der Waals surface area (Å²) in [4.78, 5) is 14.6. The molecule has 2 nitrogen and oxygen atoms in total. The summed E-state index contributed by atoms with van der Waals surface area (Å²) in [5.74, 6) is 0.204. The zero-order chi connectivity index (χ0) is 11.9. The molecule has 0 aliphatic carbocycles. The standard InChI is InChI=1S/C12H11BrClNO/c1-6(2)8-3-7-4-10(14)9(13)5-11(7)15-12(8)16/h3-6H,1-2H3,(H,15,16). The summed E-state index contributed by atoms with van der Waals surface area (Å²) in [5, 5.41) is 1.60. The number of pyridine rings is 1. The van der Waals surface area contributed by atoms with Gasteiger partial charge in [0.2, 0.25) is 0 Å². The van der Waals surface area contributed by atoms with Crippen LogP contribution in [0.4, 0.5) is 0 Å². The van der Waals surface area contributed by atoms with E-state index < -0.39 is 0 Å². The van der Waals surface area contributed by atoms with Crippen molar-refractivity contribution in [2.45, 2.75) is 19.8 Å². The molecule has 0 aliphatic heterocycles. The molecule has 0 saturated heterocycles. The van der Waals surface area contributed by atoms with E-state index in [1.54, 1.807) is 0 Å². The first kappa shape index (κ1) is 11.7. The van der Waals surface area contributed by atoms with Crippen LogP contribution in [-0.4, -0.2) is 4.98 Å². The molecule has 2 aromatic rings. The van der Waals surface area contributed by atoms with Gasteiger partial charge < -0.3 is 4.98 Å². The lowest BCUT2D eigenvalue weighted by Gasteiger charge is -2.07. The molecule has 0 spiro atoms. The fourth-order valence-electron chi connectivity index (χ4n) is 1.65. The zero-order valence-electron chi connectivity index (χ0n) is 8.97. The zero-order valence-corrected chi connectivity index (χ0v) is 11.3. The van der Waals surface area contributed by atoms with Crippen molar-refractivity contribution in [1.29, 1.82) is 0 Å². The maximum atomic E-state index is 11.8. The Hall–Kier alpha value is -0.800. The highest BCUT2D eigenvalue weighted by Crippen LogP contribution is 2.27. The highest BCUT2D eigenvalue weighted by molar-refractivity contribution is 9.10. The number of aromatic amines is 1. The second-order valence-corrected chi connectivity index (χ2v) is 5.32. The maximum absolute atomic E-state index is 11.8. The first-order valence-corrected chi connectivity index (χ1v) is 6.18. The largest absolute Gasteiger partial charge is 0.322 e. The number of fused-ring (bicyclic) bond motifs is 1. The molecular weight excluding hydrogens is 289 g/mol. The van der Waals surface area contributed by atoms with Gasteiger partial charge in [-0.15, -0.1) is 0 Å². The minimum absolute atomic E-state index is 0.0308. The molecule has 1 heterocycles. The van der Waals surface area contributed by atoms with Crippen LogP contribution in [0.1, 0.15) is 25.3 Å². The van der Waals surface area contributed by atoms with Crippen LogP contribution in [-0.2, 0) is 0 Å². The number of aromatic nitrogens is 1. The monoisotopic (exact) mass is 299 g/mol. The molecule has 0 aliphatic rings. The first-order chi connectivity index (χ1) is 7.49. The fraction of sp³-hybridized carbons (Fsp3) is 0.250. The second-order valence-electron chi connectivity index (χ2n) is 4.06. The highest BCUT2D eigenvalue weighted by atomic mass is 79.9. The van der Waals surface area contributed by atoms with Gasteiger partial charge in [0.1, 0.15) is 0 Å². The Labute approximate surface area is 107 Å². The van der Waals surface area contributed by atoms with Crippen molar-refractivity contribution in [2.24, 2.45) is 0 Å². The molecule has 0 unspecified atom stereocenters. The molecule has 0 atom stereocenters. The van der Waals surface area contributed by atoms with E-state index in [2.05, 4.69) is 20.9 Å². The number of hydrogen-bond donors (Lipinski definition) is 1. The van der Waals surface area contributed by atoms with Crippen LogP contribution in [0.5, 0.6) is 0 Å². The third kappa shape index (κ3) is 2.02. The minimum Gasteiger partial charge on any atom is -0.322 e. The molecular formula is C12H11BrClNO. The Morgan fingerprint density at radius 3 is 2.62 bits per heavy atom. The van der Waals surface area contributed by atoms with Gasteiger partial charge in [0.15, 0.2) is 0 Å². The van der Waals surface area contributed by atoms with Gasteiger partial charge in [-0.2, -0.15) is 0 Å². The van der Waals surface area contributed by atoms with Gasteiger partial charge >= 0.3 is 0 Å². The molecule has 16 heavy (non-hydrogen) atoms. The molecule has 0 radical (unpaired) electrons. The summed E-state index contributed by atoms with van der Waals surface area (Å²) in [6.07, 6.45) is 0. The first-order valence-electron chi connectivity index (χ1n) is 5.01. The Morgan fingerprint density at radius 1 is 1.31 bits per heavy atom. The molecule has 1 aromatic carbocycles. The van der Waals surface area contributed by atoms with Gasteiger partial charge in [0, 0.05) is 20.9 Å². The summed E-state index contributed by atoms with van der Waals surface area (Å²) in [5.41, 5.74) is 1.55. The van der Waals surface area contributed by atoms with Crippen molar-refractivity contribution in [2.75, 3.05) is 0 Å². The van der Waals surface area contributed by atoms with E-state index in [4.69, 9.17) is 11.6 Å². The van der Waals surface area contributed by atoms with E-state index in [0.717, 1.165) is 20.9 Å². The maximum Gasteiger partial charge on any atom is 0.251 e. The fourth-order valence-corrected chi connectivity index (χ4v) is 2.16. The van der Waals surface area contributed by atoms with Gasteiger partial charge in [0.25, 0.3) is 5.56 Å². The van der Waals surface area contributed by atoms with Crippen molar-refractivity contribution in [1.82, 2.24) is 4.98 Å². The van der Waals surface area contributed by atoms with Gasteiger partial charge in [0.05, 0.1) is 5.02 Å². The van der Waals surface area contributed by atoms with E-state index in [0.29, 0.717) is 5.02 Å². The molecule has 1 N–H and O–H groups in total. The number of hydrogen-bond acceptors (Lipinski definition) is 1. The molecule has 84 valence electrons. The molecule has 4 heteroatoms. The molecule has 1 aromatic heterocycles. The lowest BCUT2D eigenvalue weighted by molar-refractivity contribution is 0.849. The van der Waals surface area contributed by atoms with Crippen LogP contribution in [0, 0.1) is 0 Å². The number of rotatable bonds is 1. The van der Waals surface area contributed by atoms with Crippen LogP contribution in [0.25, 0.3) is 10.9 Å². The van der Waals surface area contributed by atoms with Crippen LogP contribution < -0.4 is 5.56 Å². The molecule has 0 amide bonds. The summed E-state index contributed by atoms with van der Waals surface area (Å²) in [6.45, 7) is 3.99. The Balaban J connectivity index is 2.80. The van der Waals surface area contributed by atoms with Crippen molar-refractivity contribution < 1.29 is 0 Å². The summed E-state index contributed by atoms with van der Waals surface area (Å²) in [6, 6.07) is 5.57. The number of H-pyrrole nitrogens is 1. The van der Waals surface area contributed by atoms with Crippen LogP contribution in [0.2, 0.25) is 5.02 Å². The minimum atomic E-state index is -0.0308. The van der Waals surface area contributed by atoms with Gasteiger partial charge in [-0.05, 0) is 40.0 Å². The Kier molecular flexibility index (Phi) is 3.08. The molecule has 0 saturated carbocycles. The van der Waals surface area contributed by atoms with Crippen molar-refractivity contribution in [3.8, 4) is 0 Å². The van der Waals surface area contributed by atoms with Crippen LogP contribution >= 0.6 is 27.5 Å².